The zero-order valence-electron chi connectivity index (χ0n) is 20.1. The lowest BCUT2D eigenvalue weighted by Gasteiger charge is -2.33. The van der Waals surface area contributed by atoms with Crippen LogP contribution in [0.5, 0.6) is 0 Å². The first-order valence-corrected chi connectivity index (χ1v) is 12.2. The van der Waals surface area contributed by atoms with E-state index in [2.05, 4.69) is 5.16 Å². The van der Waals surface area contributed by atoms with Crippen LogP contribution in [0.4, 0.5) is 11.6 Å². The maximum atomic E-state index is 13.2. The van der Waals surface area contributed by atoms with Crippen LogP contribution in [-0.4, -0.2) is 34.4 Å². The summed E-state index contributed by atoms with van der Waals surface area (Å²) in [6, 6.07) is 24.5. The van der Waals surface area contributed by atoms with Crippen LogP contribution in [0.1, 0.15) is 29.7 Å². The maximum Gasteiger partial charge on any atom is 0.376 e. The Morgan fingerprint density at radius 2 is 1.76 bits per heavy atom. The number of aromatic nitrogens is 1. The Morgan fingerprint density at radius 3 is 2.46 bits per heavy atom. The fraction of sp³-hybridized carbons (Fsp3) is 0.143. The number of ether oxygens (including phenoxy) is 1. The molecular formula is C28H22ClN5O3. The summed E-state index contributed by atoms with van der Waals surface area (Å²) in [7, 11) is 0. The molecule has 0 saturated carbocycles. The Balaban J connectivity index is 1.59. The first-order valence-electron chi connectivity index (χ1n) is 11.9. The van der Waals surface area contributed by atoms with Crippen LogP contribution >= 0.6 is 11.6 Å². The number of amidine groups is 1. The van der Waals surface area contributed by atoms with Crippen molar-refractivity contribution in [3.8, 4) is 11.3 Å². The van der Waals surface area contributed by atoms with Crippen LogP contribution < -0.4 is 5.01 Å². The average molecular weight is 512 g/mol. The highest BCUT2D eigenvalue weighted by atomic mass is 35.5. The Morgan fingerprint density at radius 1 is 1.03 bits per heavy atom. The van der Waals surface area contributed by atoms with E-state index in [9.17, 15) is 4.79 Å². The first kappa shape index (κ1) is 23.0. The second kappa shape index (κ2) is 9.22. The quantitative estimate of drug-likeness (QED) is 0.301. The fourth-order valence-electron chi connectivity index (χ4n) is 4.52. The van der Waals surface area contributed by atoms with Crippen molar-refractivity contribution in [3.05, 3.63) is 101 Å². The topological polar surface area (TPSA) is 83.5 Å². The molecule has 1 unspecified atom stereocenters. The van der Waals surface area contributed by atoms with Crippen LogP contribution in [0.3, 0.4) is 0 Å². The summed E-state index contributed by atoms with van der Waals surface area (Å²) >= 11 is 6.23. The number of fused-ring (bicyclic) bond motifs is 2. The smallest absolute Gasteiger partial charge is 0.376 e. The Hall–Kier alpha value is -4.43. The number of aryl methyl sites for hydroxylation is 1. The van der Waals surface area contributed by atoms with E-state index in [4.69, 9.17) is 31.0 Å². The minimum atomic E-state index is -0.551. The standard InChI is InChI=1S/C28H22ClN5O3/c1-3-36-27(35)25-31-34(21-15-9-17(2)10-16-21)28-30-26-22(23(32-37-26)18-7-5-4-6-8-18)24(33(25)28)19-11-13-20(29)14-12-19/h4-16,24H,3H2,1-2H3. The number of benzene rings is 3. The van der Waals surface area contributed by atoms with Gasteiger partial charge in [-0.1, -0.05) is 76.9 Å². The van der Waals surface area contributed by atoms with Crippen molar-refractivity contribution in [2.45, 2.75) is 19.9 Å². The monoisotopic (exact) mass is 511 g/mol. The van der Waals surface area contributed by atoms with Crippen molar-refractivity contribution in [1.82, 2.24) is 10.1 Å². The van der Waals surface area contributed by atoms with Gasteiger partial charge in [-0.15, -0.1) is 5.10 Å². The molecule has 3 aromatic carbocycles. The van der Waals surface area contributed by atoms with E-state index in [-0.39, 0.29) is 12.4 Å². The van der Waals surface area contributed by atoms with Gasteiger partial charge in [-0.05, 0) is 43.7 Å². The van der Waals surface area contributed by atoms with Crippen LogP contribution in [0.2, 0.25) is 5.02 Å². The van der Waals surface area contributed by atoms with Gasteiger partial charge in [0.25, 0.3) is 5.88 Å². The molecule has 2 aliphatic rings. The molecule has 0 fully saturated rings. The Bertz CT molecular complexity index is 1530. The van der Waals surface area contributed by atoms with Crippen LogP contribution in [0.25, 0.3) is 11.3 Å². The molecule has 8 nitrogen and oxygen atoms in total. The van der Waals surface area contributed by atoms with E-state index >= 15 is 0 Å². The lowest BCUT2D eigenvalue weighted by Crippen LogP contribution is -2.45. The van der Waals surface area contributed by atoms with E-state index in [0.29, 0.717) is 22.6 Å². The molecule has 0 spiro atoms. The Labute approximate surface area is 218 Å². The molecule has 0 bridgehead atoms. The number of carbonyl (C=O) groups excluding carboxylic acids is 1. The number of esters is 1. The number of anilines is 1. The average Bonchev–Trinajstić information content (AvgIpc) is 3.51. The Kier molecular flexibility index (Phi) is 5.73. The molecule has 37 heavy (non-hydrogen) atoms. The van der Waals surface area contributed by atoms with Crippen LogP contribution in [0.15, 0.2) is 93.5 Å². The molecule has 0 N–H and O–H groups in total. The number of nitrogens with zero attached hydrogens (tertiary/aromatic N) is 5. The van der Waals surface area contributed by atoms with Gasteiger partial charge in [0.1, 0.15) is 5.69 Å². The van der Waals surface area contributed by atoms with Gasteiger partial charge in [-0.3, -0.25) is 4.90 Å². The van der Waals surface area contributed by atoms with Crippen LogP contribution in [0, 0.1) is 6.92 Å². The summed E-state index contributed by atoms with van der Waals surface area (Å²) in [5.74, 6) is 0.328. The van der Waals surface area contributed by atoms with Crippen molar-refractivity contribution >= 4 is 40.9 Å². The van der Waals surface area contributed by atoms with Gasteiger partial charge in [0, 0.05) is 10.6 Å². The molecule has 6 rings (SSSR count). The fourth-order valence-corrected chi connectivity index (χ4v) is 4.64. The summed E-state index contributed by atoms with van der Waals surface area (Å²) in [5, 5.41) is 11.3. The second-order valence-corrected chi connectivity index (χ2v) is 9.08. The highest BCUT2D eigenvalue weighted by Gasteiger charge is 2.47. The van der Waals surface area contributed by atoms with E-state index in [0.717, 1.165) is 27.9 Å². The molecule has 0 amide bonds. The molecule has 1 aromatic heterocycles. The van der Waals surface area contributed by atoms with Crippen LogP contribution in [-0.2, 0) is 9.53 Å². The zero-order chi connectivity index (χ0) is 25.5. The number of hydrogen-bond acceptors (Lipinski definition) is 8. The third-order valence-corrected chi connectivity index (χ3v) is 6.49. The number of hydrazone groups is 1. The summed E-state index contributed by atoms with van der Waals surface area (Å²) in [4.78, 5) is 19.8. The molecule has 0 radical (unpaired) electrons. The van der Waals surface area contributed by atoms with Crippen molar-refractivity contribution < 1.29 is 14.1 Å². The molecule has 3 heterocycles. The number of aliphatic imine (C=N–C) groups is 1. The summed E-state index contributed by atoms with van der Waals surface area (Å²) in [5.41, 5.74) is 4.93. The molecular weight excluding hydrogens is 490 g/mol. The minimum Gasteiger partial charge on any atom is -0.460 e. The van der Waals surface area contributed by atoms with Gasteiger partial charge in [0.15, 0.2) is 0 Å². The van der Waals surface area contributed by atoms with Gasteiger partial charge in [0.05, 0.1) is 23.9 Å². The number of hydrogen-bond donors (Lipinski definition) is 0. The lowest BCUT2D eigenvalue weighted by atomic mass is 9.93. The van der Waals surface area contributed by atoms with Crippen molar-refractivity contribution in [3.63, 3.8) is 0 Å². The zero-order valence-corrected chi connectivity index (χ0v) is 20.9. The van der Waals surface area contributed by atoms with Gasteiger partial charge in [-0.25, -0.2) is 4.79 Å². The molecule has 9 heteroatoms. The molecule has 1 atom stereocenters. The van der Waals surface area contributed by atoms with Crippen molar-refractivity contribution in [2.75, 3.05) is 11.6 Å². The summed E-state index contributed by atoms with van der Waals surface area (Å²) in [6.45, 7) is 3.98. The second-order valence-electron chi connectivity index (χ2n) is 8.64. The normalized spacial score (nSPS) is 16.1. The predicted molar refractivity (Wildman–Crippen MR) is 142 cm³/mol. The summed E-state index contributed by atoms with van der Waals surface area (Å²) in [6.07, 6.45) is 0. The highest BCUT2D eigenvalue weighted by Crippen LogP contribution is 2.47. The van der Waals surface area contributed by atoms with E-state index < -0.39 is 12.0 Å². The van der Waals surface area contributed by atoms with Gasteiger partial charge < -0.3 is 9.26 Å². The third-order valence-electron chi connectivity index (χ3n) is 6.24. The largest absolute Gasteiger partial charge is 0.460 e. The molecule has 0 saturated heterocycles. The number of carbonyl (C=O) groups is 1. The SMILES string of the molecule is CCOC(=O)C1=NN(c2ccc(C)cc2)C2=Nc3onc(-c4ccccc4)c3C(c3ccc(Cl)cc3)N12. The molecule has 2 aliphatic heterocycles. The molecule has 0 aliphatic carbocycles. The number of halogens is 1. The van der Waals surface area contributed by atoms with E-state index in [1.807, 2.05) is 85.8 Å². The maximum absolute atomic E-state index is 13.2. The molecule has 184 valence electrons. The number of guanidine groups is 1. The number of rotatable bonds is 5. The van der Waals surface area contributed by atoms with Gasteiger partial charge in [0.2, 0.25) is 11.8 Å². The predicted octanol–water partition coefficient (Wildman–Crippen LogP) is 6.09. The van der Waals surface area contributed by atoms with Gasteiger partial charge in [-0.2, -0.15) is 10.0 Å². The van der Waals surface area contributed by atoms with E-state index in [1.165, 1.54) is 0 Å². The first-order chi connectivity index (χ1) is 18.0. The van der Waals surface area contributed by atoms with Crippen molar-refractivity contribution in [1.29, 1.82) is 0 Å². The van der Waals surface area contributed by atoms with E-state index in [1.54, 1.807) is 16.8 Å². The minimum absolute atomic E-state index is 0.118. The van der Waals surface area contributed by atoms with Crippen molar-refractivity contribution in [2.24, 2.45) is 10.1 Å². The summed E-state index contributed by atoms with van der Waals surface area (Å²) < 4.78 is 11.2. The molecule has 4 aromatic rings. The lowest BCUT2D eigenvalue weighted by molar-refractivity contribution is -0.135. The highest BCUT2D eigenvalue weighted by molar-refractivity contribution is 6.41. The third kappa shape index (κ3) is 3.95. The van der Waals surface area contributed by atoms with Gasteiger partial charge >= 0.3 is 5.97 Å².